The molecule has 0 unspecified atom stereocenters. The van der Waals surface area contributed by atoms with Crippen LogP contribution in [0, 0.1) is 6.92 Å². The molecule has 4 N–H and O–H groups in total. The van der Waals surface area contributed by atoms with E-state index >= 15 is 0 Å². The minimum Gasteiger partial charge on any atom is -0.495 e. The lowest BCUT2D eigenvalue weighted by Crippen LogP contribution is -2.17. The number of hydrogen-bond acceptors (Lipinski definition) is 4. The van der Waals surface area contributed by atoms with E-state index in [2.05, 4.69) is 26.7 Å². The largest absolute Gasteiger partial charge is 0.495 e. The predicted molar refractivity (Wildman–Crippen MR) is 87.6 cm³/mol. The van der Waals surface area contributed by atoms with Gasteiger partial charge in [-0.25, -0.2) is 0 Å². The molecule has 0 aliphatic heterocycles. The molecular formula is C15H16BrN3O2. The highest BCUT2D eigenvalue weighted by Gasteiger charge is 2.12. The van der Waals surface area contributed by atoms with Gasteiger partial charge < -0.3 is 15.5 Å². The molecule has 110 valence electrons. The van der Waals surface area contributed by atoms with Crippen molar-refractivity contribution < 1.29 is 9.53 Å². The lowest BCUT2D eigenvalue weighted by atomic mass is 10.1. The van der Waals surface area contributed by atoms with Crippen LogP contribution in [0.15, 0.2) is 40.9 Å². The van der Waals surface area contributed by atoms with Crippen molar-refractivity contribution in [3.05, 3.63) is 52.0 Å². The smallest absolute Gasteiger partial charge is 0.257 e. The second kappa shape index (κ2) is 6.60. The third-order valence-electron chi connectivity index (χ3n) is 2.98. The summed E-state index contributed by atoms with van der Waals surface area (Å²) in [5.74, 6) is 5.85. The molecule has 0 heterocycles. The molecule has 0 bridgehead atoms. The maximum absolute atomic E-state index is 12.4. The number of nitrogens with one attached hydrogen (secondary N) is 2. The molecule has 0 spiro atoms. The summed E-state index contributed by atoms with van der Waals surface area (Å²) in [4.78, 5) is 12.4. The molecule has 0 saturated carbocycles. The van der Waals surface area contributed by atoms with Crippen LogP contribution < -0.4 is 21.3 Å². The number of methoxy groups -OCH3 is 1. The van der Waals surface area contributed by atoms with Crippen LogP contribution in [0.4, 0.5) is 11.4 Å². The van der Waals surface area contributed by atoms with E-state index in [0.717, 1.165) is 10.0 Å². The van der Waals surface area contributed by atoms with E-state index in [1.165, 1.54) is 0 Å². The average Bonchev–Trinajstić information content (AvgIpc) is 2.49. The summed E-state index contributed by atoms with van der Waals surface area (Å²) in [6, 6.07) is 10.8. The van der Waals surface area contributed by atoms with E-state index in [9.17, 15) is 4.79 Å². The summed E-state index contributed by atoms with van der Waals surface area (Å²) in [5, 5.41) is 2.83. The van der Waals surface area contributed by atoms with Crippen LogP contribution in [-0.2, 0) is 0 Å². The van der Waals surface area contributed by atoms with Gasteiger partial charge in [0.15, 0.2) is 0 Å². The molecule has 6 heteroatoms. The van der Waals surface area contributed by atoms with Gasteiger partial charge in [-0.05, 0) is 47.1 Å². The molecule has 0 atom stereocenters. The number of benzene rings is 2. The number of carbonyl (C=O) groups excluding carboxylic acids is 1. The van der Waals surface area contributed by atoms with E-state index < -0.39 is 0 Å². The second-order valence-corrected chi connectivity index (χ2v) is 5.35. The Balaban J connectivity index is 2.28. The SMILES string of the molecule is COc1cc(NC(=O)c2cc(C)ccc2NN)ccc1Br. The highest BCUT2D eigenvalue weighted by atomic mass is 79.9. The van der Waals surface area contributed by atoms with E-state index in [4.69, 9.17) is 10.6 Å². The van der Waals surface area contributed by atoms with Crippen LogP contribution in [0.3, 0.4) is 0 Å². The number of ether oxygens (including phenoxy) is 1. The summed E-state index contributed by atoms with van der Waals surface area (Å²) in [7, 11) is 1.57. The first-order valence-corrected chi connectivity index (χ1v) is 7.06. The molecule has 5 nitrogen and oxygen atoms in total. The summed E-state index contributed by atoms with van der Waals surface area (Å²) >= 11 is 3.37. The Morgan fingerprint density at radius 1 is 1.24 bits per heavy atom. The first kappa shape index (κ1) is 15.3. The normalized spacial score (nSPS) is 10.1. The van der Waals surface area contributed by atoms with Gasteiger partial charge in [0.1, 0.15) is 5.75 Å². The third-order valence-corrected chi connectivity index (χ3v) is 3.64. The summed E-state index contributed by atoms with van der Waals surface area (Å²) in [6.45, 7) is 1.92. The van der Waals surface area contributed by atoms with Crippen LogP contribution in [0.2, 0.25) is 0 Å². The fraction of sp³-hybridized carbons (Fsp3) is 0.133. The molecule has 0 saturated heterocycles. The van der Waals surface area contributed by atoms with Crippen molar-refractivity contribution in [1.29, 1.82) is 0 Å². The van der Waals surface area contributed by atoms with Crippen molar-refractivity contribution in [3.8, 4) is 5.75 Å². The van der Waals surface area contributed by atoms with E-state index in [1.54, 1.807) is 31.4 Å². The van der Waals surface area contributed by atoms with Crippen molar-refractivity contribution in [2.45, 2.75) is 6.92 Å². The van der Waals surface area contributed by atoms with Crippen LogP contribution >= 0.6 is 15.9 Å². The Morgan fingerprint density at radius 2 is 2.00 bits per heavy atom. The topological polar surface area (TPSA) is 76.4 Å². The Labute approximate surface area is 131 Å². The molecule has 2 aromatic rings. The standard InChI is InChI=1S/C15H16BrN3O2/c1-9-3-6-13(19-17)11(7-9)15(20)18-10-4-5-12(16)14(8-10)21-2/h3-8,19H,17H2,1-2H3,(H,18,20). The first-order valence-electron chi connectivity index (χ1n) is 6.27. The van der Waals surface area contributed by atoms with Gasteiger partial charge in [0.25, 0.3) is 5.91 Å². The maximum Gasteiger partial charge on any atom is 0.257 e. The predicted octanol–water partition coefficient (Wildman–Crippen LogP) is 3.30. The molecule has 2 aromatic carbocycles. The van der Waals surface area contributed by atoms with Gasteiger partial charge in [-0.2, -0.15) is 0 Å². The zero-order chi connectivity index (χ0) is 15.4. The molecule has 0 aliphatic carbocycles. The van der Waals surface area contributed by atoms with Gasteiger partial charge in [0.2, 0.25) is 0 Å². The fourth-order valence-corrected chi connectivity index (χ4v) is 2.32. The Morgan fingerprint density at radius 3 is 2.67 bits per heavy atom. The number of aryl methyl sites for hydroxylation is 1. The quantitative estimate of drug-likeness (QED) is 0.584. The van der Waals surface area contributed by atoms with E-state index in [1.807, 2.05) is 19.1 Å². The van der Waals surface area contributed by atoms with Crippen molar-refractivity contribution in [1.82, 2.24) is 0 Å². The van der Waals surface area contributed by atoms with Crippen molar-refractivity contribution in [3.63, 3.8) is 0 Å². The molecule has 0 fully saturated rings. The fourth-order valence-electron chi connectivity index (χ4n) is 1.91. The number of nitrogens with two attached hydrogens (primary N) is 1. The Kier molecular flexibility index (Phi) is 4.82. The van der Waals surface area contributed by atoms with Gasteiger partial charge >= 0.3 is 0 Å². The second-order valence-electron chi connectivity index (χ2n) is 4.50. The average molecular weight is 350 g/mol. The van der Waals surface area contributed by atoms with Gasteiger partial charge in [-0.3, -0.25) is 10.6 Å². The summed E-state index contributed by atoms with van der Waals surface area (Å²) in [6.07, 6.45) is 0. The van der Waals surface area contributed by atoms with Crippen LogP contribution in [0.1, 0.15) is 15.9 Å². The van der Waals surface area contributed by atoms with Crippen LogP contribution in [0.5, 0.6) is 5.75 Å². The van der Waals surface area contributed by atoms with Gasteiger partial charge in [-0.15, -0.1) is 0 Å². The van der Waals surface area contributed by atoms with Crippen molar-refractivity contribution >= 4 is 33.2 Å². The molecule has 2 rings (SSSR count). The summed E-state index contributed by atoms with van der Waals surface area (Å²) < 4.78 is 6.03. The zero-order valence-corrected chi connectivity index (χ0v) is 13.3. The van der Waals surface area contributed by atoms with Gasteiger partial charge in [-0.1, -0.05) is 11.6 Å². The molecule has 1 amide bonds. The van der Waals surface area contributed by atoms with Crippen LogP contribution in [-0.4, -0.2) is 13.0 Å². The van der Waals surface area contributed by atoms with Crippen molar-refractivity contribution in [2.24, 2.45) is 5.84 Å². The monoisotopic (exact) mass is 349 g/mol. The molecular weight excluding hydrogens is 334 g/mol. The van der Waals surface area contributed by atoms with Gasteiger partial charge in [0.05, 0.1) is 22.8 Å². The number of rotatable bonds is 4. The number of hydrazine groups is 1. The minimum absolute atomic E-state index is 0.240. The number of halogens is 1. The summed E-state index contributed by atoms with van der Waals surface area (Å²) in [5.41, 5.74) is 5.21. The highest BCUT2D eigenvalue weighted by molar-refractivity contribution is 9.10. The number of hydrogen-bond donors (Lipinski definition) is 3. The van der Waals surface area contributed by atoms with E-state index in [-0.39, 0.29) is 5.91 Å². The number of amides is 1. The Hall–Kier alpha value is -2.05. The minimum atomic E-state index is -0.240. The van der Waals surface area contributed by atoms with Crippen LogP contribution in [0.25, 0.3) is 0 Å². The number of anilines is 2. The molecule has 21 heavy (non-hydrogen) atoms. The lowest BCUT2D eigenvalue weighted by molar-refractivity contribution is 0.102. The van der Waals surface area contributed by atoms with E-state index in [0.29, 0.717) is 22.7 Å². The first-order chi connectivity index (χ1) is 10.0. The maximum atomic E-state index is 12.4. The number of nitrogen functional groups attached to an aromatic ring is 1. The molecule has 0 aliphatic rings. The van der Waals surface area contributed by atoms with Crippen molar-refractivity contribution in [2.75, 3.05) is 17.9 Å². The van der Waals surface area contributed by atoms with Gasteiger partial charge in [0, 0.05) is 11.8 Å². The highest BCUT2D eigenvalue weighted by Crippen LogP contribution is 2.28. The number of carbonyl (C=O) groups is 1. The molecule has 0 radical (unpaired) electrons. The zero-order valence-electron chi connectivity index (χ0n) is 11.7. The molecule has 0 aromatic heterocycles. The lowest BCUT2D eigenvalue weighted by Gasteiger charge is -2.12. The third kappa shape index (κ3) is 3.53. The Bertz CT molecular complexity index is 674.